The summed E-state index contributed by atoms with van der Waals surface area (Å²) in [6, 6.07) is 7.50. The highest BCUT2D eigenvalue weighted by molar-refractivity contribution is 5.78. The summed E-state index contributed by atoms with van der Waals surface area (Å²) in [5.74, 6) is -0.220. The normalized spacial score (nSPS) is 10.9. The third-order valence-electron chi connectivity index (χ3n) is 2.61. The number of ether oxygens (including phenoxy) is 1. The average Bonchev–Trinajstić information content (AvgIpc) is 2.68. The topological polar surface area (TPSA) is 64.4 Å². The molecule has 2 rings (SSSR count). The number of carboxylic acid groups (broad SMARTS) is 1. The van der Waals surface area contributed by atoms with E-state index >= 15 is 0 Å². The van der Waals surface area contributed by atoms with Crippen molar-refractivity contribution >= 4 is 17.0 Å². The molecule has 1 aromatic heterocycles. The van der Waals surface area contributed by atoms with Crippen LogP contribution in [0.2, 0.25) is 0 Å². The average molecular weight is 248 g/mol. The van der Waals surface area contributed by atoms with Gasteiger partial charge < -0.3 is 14.4 Å². The van der Waals surface area contributed by atoms with Crippen LogP contribution in [-0.4, -0.2) is 27.2 Å². The van der Waals surface area contributed by atoms with Crippen LogP contribution >= 0.6 is 0 Å². The van der Waals surface area contributed by atoms with Crippen LogP contribution in [0.15, 0.2) is 24.3 Å². The summed E-state index contributed by atoms with van der Waals surface area (Å²) < 4.78 is 7.13. The van der Waals surface area contributed by atoms with Crippen molar-refractivity contribution in [2.24, 2.45) is 0 Å². The highest BCUT2D eigenvalue weighted by Gasteiger charge is 2.12. The Morgan fingerprint density at radius 2 is 2.22 bits per heavy atom. The molecule has 0 spiro atoms. The van der Waals surface area contributed by atoms with E-state index in [1.54, 1.807) is 4.57 Å². The van der Waals surface area contributed by atoms with E-state index in [-0.39, 0.29) is 6.54 Å². The summed E-state index contributed by atoms with van der Waals surface area (Å²) in [6.07, 6.45) is 0.930. The molecule has 0 amide bonds. The van der Waals surface area contributed by atoms with Crippen molar-refractivity contribution in [2.45, 2.75) is 26.5 Å². The van der Waals surface area contributed by atoms with Crippen LogP contribution in [0.25, 0.3) is 11.0 Å². The number of carbonyl (C=O) groups is 1. The van der Waals surface area contributed by atoms with Gasteiger partial charge in [0.1, 0.15) is 19.0 Å². The molecule has 0 atom stereocenters. The van der Waals surface area contributed by atoms with E-state index in [0.717, 1.165) is 17.5 Å². The summed E-state index contributed by atoms with van der Waals surface area (Å²) in [4.78, 5) is 15.3. The van der Waals surface area contributed by atoms with Gasteiger partial charge in [0.15, 0.2) is 0 Å². The first-order valence-corrected chi connectivity index (χ1v) is 5.96. The molecule has 0 aliphatic rings. The first-order valence-electron chi connectivity index (χ1n) is 5.96. The van der Waals surface area contributed by atoms with E-state index in [1.807, 2.05) is 31.2 Å². The SMILES string of the molecule is CCCOCc1nc2ccccc2n1CC(=O)O. The number of aromatic nitrogens is 2. The van der Waals surface area contributed by atoms with E-state index in [0.29, 0.717) is 19.0 Å². The number of hydrogen-bond acceptors (Lipinski definition) is 3. The second kappa shape index (κ2) is 5.64. The maximum absolute atomic E-state index is 10.9. The Labute approximate surface area is 105 Å². The second-order valence-corrected chi connectivity index (χ2v) is 4.05. The van der Waals surface area contributed by atoms with Gasteiger partial charge in [-0.1, -0.05) is 19.1 Å². The number of imidazole rings is 1. The third-order valence-corrected chi connectivity index (χ3v) is 2.61. The molecule has 0 radical (unpaired) electrons. The first kappa shape index (κ1) is 12.6. The molecule has 2 aromatic rings. The van der Waals surface area contributed by atoms with Crippen LogP contribution in [0.3, 0.4) is 0 Å². The van der Waals surface area contributed by atoms with Crippen molar-refractivity contribution in [2.75, 3.05) is 6.61 Å². The predicted octanol–water partition coefficient (Wildman–Crippen LogP) is 2.05. The molecule has 0 unspecified atom stereocenters. The van der Waals surface area contributed by atoms with E-state index in [9.17, 15) is 4.79 Å². The minimum absolute atomic E-state index is 0.0919. The number of nitrogens with zero attached hydrogens (tertiary/aromatic N) is 2. The molecule has 0 aliphatic heterocycles. The molecule has 0 bridgehead atoms. The molecule has 18 heavy (non-hydrogen) atoms. The van der Waals surface area contributed by atoms with Gasteiger partial charge in [-0.05, 0) is 18.6 Å². The number of benzene rings is 1. The first-order chi connectivity index (χ1) is 8.72. The van der Waals surface area contributed by atoms with E-state index < -0.39 is 5.97 Å². The van der Waals surface area contributed by atoms with Crippen molar-refractivity contribution in [3.05, 3.63) is 30.1 Å². The fraction of sp³-hybridized carbons (Fsp3) is 0.385. The smallest absolute Gasteiger partial charge is 0.323 e. The molecule has 96 valence electrons. The van der Waals surface area contributed by atoms with Gasteiger partial charge in [0, 0.05) is 6.61 Å². The van der Waals surface area contributed by atoms with E-state index in [2.05, 4.69) is 4.98 Å². The lowest BCUT2D eigenvalue weighted by molar-refractivity contribution is -0.137. The lowest BCUT2D eigenvalue weighted by atomic mass is 10.3. The van der Waals surface area contributed by atoms with Gasteiger partial charge >= 0.3 is 5.97 Å². The minimum Gasteiger partial charge on any atom is -0.480 e. The summed E-state index contributed by atoms with van der Waals surface area (Å²) >= 11 is 0. The molecule has 0 fully saturated rings. The number of aliphatic carboxylic acids is 1. The van der Waals surface area contributed by atoms with Gasteiger partial charge in [-0.25, -0.2) is 4.98 Å². The zero-order valence-corrected chi connectivity index (χ0v) is 10.3. The fourth-order valence-electron chi connectivity index (χ4n) is 1.86. The fourth-order valence-corrected chi connectivity index (χ4v) is 1.86. The molecule has 1 aromatic carbocycles. The van der Waals surface area contributed by atoms with Crippen molar-refractivity contribution < 1.29 is 14.6 Å². The van der Waals surface area contributed by atoms with Gasteiger partial charge in [-0.15, -0.1) is 0 Å². The van der Waals surface area contributed by atoms with Crippen LogP contribution in [0.1, 0.15) is 19.2 Å². The maximum Gasteiger partial charge on any atom is 0.323 e. The molecule has 5 nitrogen and oxygen atoms in total. The molecule has 5 heteroatoms. The molecule has 0 aliphatic carbocycles. The van der Waals surface area contributed by atoms with Crippen molar-refractivity contribution in [3.8, 4) is 0 Å². The van der Waals surface area contributed by atoms with Crippen molar-refractivity contribution in [1.29, 1.82) is 0 Å². The standard InChI is InChI=1S/C13H16N2O3/c1-2-7-18-9-12-14-10-5-3-4-6-11(10)15(12)8-13(16)17/h3-6H,2,7-9H2,1H3,(H,16,17). The maximum atomic E-state index is 10.9. The van der Waals surface area contributed by atoms with Crippen LogP contribution in [0.5, 0.6) is 0 Å². The number of hydrogen-bond donors (Lipinski definition) is 1. The zero-order valence-electron chi connectivity index (χ0n) is 10.3. The molecule has 1 N–H and O–H groups in total. The molecule has 1 heterocycles. The highest BCUT2D eigenvalue weighted by atomic mass is 16.5. The molecular weight excluding hydrogens is 232 g/mol. The van der Waals surface area contributed by atoms with Gasteiger partial charge in [-0.2, -0.15) is 0 Å². The number of fused-ring (bicyclic) bond motifs is 1. The molecule has 0 saturated heterocycles. The number of rotatable bonds is 6. The summed E-state index contributed by atoms with van der Waals surface area (Å²) in [7, 11) is 0. The Kier molecular flexibility index (Phi) is 3.94. The quantitative estimate of drug-likeness (QED) is 0.794. The second-order valence-electron chi connectivity index (χ2n) is 4.05. The van der Waals surface area contributed by atoms with Gasteiger partial charge in [0.05, 0.1) is 11.0 Å². The summed E-state index contributed by atoms with van der Waals surface area (Å²) in [5.41, 5.74) is 1.63. The van der Waals surface area contributed by atoms with E-state index in [4.69, 9.17) is 9.84 Å². The zero-order chi connectivity index (χ0) is 13.0. The predicted molar refractivity (Wildman–Crippen MR) is 67.3 cm³/mol. The van der Waals surface area contributed by atoms with Gasteiger partial charge in [0.25, 0.3) is 0 Å². The number of carboxylic acids is 1. The molecule has 0 saturated carbocycles. The highest BCUT2D eigenvalue weighted by Crippen LogP contribution is 2.16. The van der Waals surface area contributed by atoms with Crippen molar-refractivity contribution in [1.82, 2.24) is 9.55 Å². The third kappa shape index (κ3) is 2.68. The van der Waals surface area contributed by atoms with E-state index in [1.165, 1.54) is 0 Å². The monoisotopic (exact) mass is 248 g/mol. The number of para-hydroxylation sites is 2. The Morgan fingerprint density at radius 3 is 2.94 bits per heavy atom. The Morgan fingerprint density at radius 1 is 1.44 bits per heavy atom. The lowest BCUT2D eigenvalue weighted by Crippen LogP contribution is -2.12. The summed E-state index contributed by atoms with van der Waals surface area (Å²) in [6.45, 7) is 2.93. The van der Waals surface area contributed by atoms with Crippen LogP contribution in [-0.2, 0) is 22.7 Å². The minimum atomic E-state index is -0.880. The van der Waals surface area contributed by atoms with Gasteiger partial charge in [-0.3, -0.25) is 4.79 Å². The molecular formula is C13H16N2O3. The van der Waals surface area contributed by atoms with Crippen LogP contribution in [0.4, 0.5) is 0 Å². The van der Waals surface area contributed by atoms with Gasteiger partial charge in [0.2, 0.25) is 0 Å². The summed E-state index contributed by atoms with van der Waals surface area (Å²) in [5, 5.41) is 8.95. The van der Waals surface area contributed by atoms with Crippen molar-refractivity contribution in [3.63, 3.8) is 0 Å². The Bertz CT molecular complexity index is 548. The Hall–Kier alpha value is -1.88. The van der Waals surface area contributed by atoms with Crippen LogP contribution in [0, 0.1) is 0 Å². The largest absolute Gasteiger partial charge is 0.480 e. The lowest BCUT2D eigenvalue weighted by Gasteiger charge is -2.06. The Balaban J connectivity index is 2.33. The van der Waals surface area contributed by atoms with Crippen LogP contribution < -0.4 is 0 Å².